The number of hydrogen-bond donors (Lipinski definition) is 1. The minimum Gasteiger partial charge on any atom is -0.492 e. The molecule has 1 N–H and O–H groups in total. The van der Waals surface area contributed by atoms with Crippen LogP contribution in [-0.4, -0.2) is 33.8 Å². The zero-order chi connectivity index (χ0) is 23.4. The van der Waals surface area contributed by atoms with Crippen molar-refractivity contribution in [1.82, 2.24) is 4.68 Å². The van der Waals surface area contributed by atoms with Crippen LogP contribution in [0.15, 0.2) is 29.2 Å². The number of pyridine rings is 1. The molecule has 1 fully saturated rings. The summed E-state index contributed by atoms with van der Waals surface area (Å²) >= 11 is 6.44. The van der Waals surface area contributed by atoms with Gasteiger partial charge in [-0.05, 0) is 38.0 Å². The van der Waals surface area contributed by atoms with Crippen molar-refractivity contribution in [3.63, 3.8) is 0 Å². The Morgan fingerprint density at radius 2 is 2.00 bits per heavy atom. The first-order valence-corrected chi connectivity index (χ1v) is 10.9. The number of aromatic carboxylic acids is 1. The summed E-state index contributed by atoms with van der Waals surface area (Å²) in [5.74, 6) is -3.69. The van der Waals surface area contributed by atoms with Crippen molar-refractivity contribution in [3.8, 4) is 17.0 Å². The largest absolute Gasteiger partial charge is 0.492 e. The van der Waals surface area contributed by atoms with Crippen LogP contribution in [0.2, 0.25) is 5.02 Å². The molecule has 1 aliphatic carbocycles. The van der Waals surface area contributed by atoms with Crippen LogP contribution in [0.1, 0.15) is 56.0 Å². The Balaban J connectivity index is 1.75. The number of benzene rings is 1. The number of carboxylic acid groups (broad SMARTS) is 1. The molecule has 9 heteroatoms. The van der Waals surface area contributed by atoms with Gasteiger partial charge in [-0.1, -0.05) is 18.5 Å². The Labute approximate surface area is 189 Å². The van der Waals surface area contributed by atoms with E-state index in [0.29, 0.717) is 28.6 Å². The molecule has 1 aliphatic heterocycles. The smallest absolute Gasteiger partial charge is 0.341 e. The molecule has 0 unspecified atom stereocenters. The number of nitrogens with zero attached hydrogens (tertiary/aromatic N) is 2. The normalized spacial score (nSPS) is 17.4. The van der Waals surface area contributed by atoms with Gasteiger partial charge in [0.15, 0.2) is 5.43 Å². The molecule has 0 atom stereocenters. The number of carbonyl (C=O) groups is 1. The van der Waals surface area contributed by atoms with Crippen molar-refractivity contribution in [1.29, 1.82) is 0 Å². The first-order chi connectivity index (χ1) is 14.9. The van der Waals surface area contributed by atoms with E-state index in [0.717, 1.165) is 12.0 Å². The predicted octanol–water partition coefficient (Wildman–Crippen LogP) is 4.93. The van der Waals surface area contributed by atoms with E-state index in [4.69, 9.17) is 16.3 Å². The molecule has 2 heterocycles. The van der Waals surface area contributed by atoms with Gasteiger partial charge in [0.2, 0.25) is 5.92 Å². The number of rotatable bonds is 6. The van der Waals surface area contributed by atoms with Crippen LogP contribution in [0.5, 0.6) is 5.75 Å². The lowest BCUT2D eigenvalue weighted by Crippen LogP contribution is -2.52. The minimum atomic E-state index is -2.61. The Kier molecular flexibility index (Phi) is 5.48. The fourth-order valence-electron chi connectivity index (χ4n) is 4.20. The topological polar surface area (TPSA) is 71.8 Å². The number of carboxylic acids is 1. The van der Waals surface area contributed by atoms with Crippen LogP contribution in [0.4, 0.5) is 8.78 Å². The number of halogens is 3. The van der Waals surface area contributed by atoms with Crippen molar-refractivity contribution in [2.24, 2.45) is 5.92 Å². The predicted molar refractivity (Wildman–Crippen MR) is 118 cm³/mol. The van der Waals surface area contributed by atoms with E-state index in [1.54, 1.807) is 16.8 Å². The molecule has 172 valence electrons. The molecule has 0 saturated heterocycles. The third kappa shape index (κ3) is 3.96. The number of alkyl halides is 2. The lowest BCUT2D eigenvalue weighted by molar-refractivity contribution is -0.119. The fraction of sp³-hybridized carbons (Fsp3) is 0.478. The maximum absolute atomic E-state index is 13.1. The lowest BCUT2D eigenvalue weighted by atomic mass is 9.82. The summed E-state index contributed by atoms with van der Waals surface area (Å²) in [6, 6.07) is 4.78. The summed E-state index contributed by atoms with van der Waals surface area (Å²) < 4.78 is 33.7. The van der Waals surface area contributed by atoms with Crippen molar-refractivity contribution in [2.45, 2.75) is 58.0 Å². The molecule has 32 heavy (non-hydrogen) atoms. The van der Waals surface area contributed by atoms with E-state index < -0.39 is 17.3 Å². The lowest BCUT2D eigenvalue weighted by Gasteiger charge is -2.45. The molecule has 2 aliphatic rings. The van der Waals surface area contributed by atoms with Gasteiger partial charge in [-0.2, -0.15) is 0 Å². The standard InChI is InChI=1S/C23H25ClF2N2O4/c1-4-22(2,3)28-10-14-5-20(32-12-13-8-23(25,26)9-13)17(24)6-15(14)18-7-19(29)16(21(30)31)11-27(18)28/h5-7,11,13H,4,8-10,12H2,1-3H3,(H,30,31). The van der Waals surface area contributed by atoms with Crippen LogP contribution in [0.3, 0.4) is 0 Å². The van der Waals surface area contributed by atoms with Gasteiger partial charge < -0.3 is 14.9 Å². The van der Waals surface area contributed by atoms with Crippen molar-refractivity contribution >= 4 is 17.6 Å². The Hall–Kier alpha value is -2.61. The highest BCUT2D eigenvalue weighted by molar-refractivity contribution is 6.32. The molecule has 1 saturated carbocycles. The highest BCUT2D eigenvalue weighted by Gasteiger charge is 2.45. The highest BCUT2D eigenvalue weighted by atomic mass is 35.5. The maximum atomic E-state index is 13.1. The van der Waals surface area contributed by atoms with Crippen molar-refractivity contribution in [3.05, 3.63) is 50.8 Å². The van der Waals surface area contributed by atoms with Gasteiger partial charge >= 0.3 is 5.97 Å². The molecule has 2 aromatic rings. The van der Waals surface area contributed by atoms with Gasteiger partial charge in [-0.3, -0.25) is 9.47 Å². The molecular weight excluding hydrogens is 442 g/mol. The summed E-state index contributed by atoms with van der Waals surface area (Å²) in [6.07, 6.45) is 1.75. The first kappa shape index (κ1) is 22.6. The van der Waals surface area contributed by atoms with Crippen LogP contribution in [-0.2, 0) is 6.54 Å². The summed E-state index contributed by atoms with van der Waals surface area (Å²) in [5, 5.41) is 11.7. The summed E-state index contributed by atoms with van der Waals surface area (Å²) in [6.45, 7) is 6.69. The van der Waals surface area contributed by atoms with Crippen LogP contribution >= 0.6 is 11.6 Å². The molecule has 1 aromatic carbocycles. The fourth-order valence-corrected chi connectivity index (χ4v) is 4.41. The quantitative estimate of drug-likeness (QED) is 0.653. The Morgan fingerprint density at radius 3 is 2.59 bits per heavy atom. The van der Waals surface area contributed by atoms with Gasteiger partial charge in [-0.15, -0.1) is 0 Å². The van der Waals surface area contributed by atoms with E-state index in [2.05, 4.69) is 0 Å². The molecule has 1 aromatic heterocycles. The number of ether oxygens (including phenoxy) is 1. The van der Waals surface area contributed by atoms with E-state index in [9.17, 15) is 23.5 Å². The van der Waals surface area contributed by atoms with Crippen LogP contribution in [0, 0.1) is 5.92 Å². The minimum absolute atomic E-state index is 0.163. The number of fused-ring (bicyclic) bond motifs is 3. The Bertz CT molecular complexity index is 1140. The van der Waals surface area contributed by atoms with Gasteiger partial charge in [0.25, 0.3) is 0 Å². The van der Waals surface area contributed by atoms with Crippen molar-refractivity contribution < 1.29 is 23.4 Å². The maximum Gasteiger partial charge on any atom is 0.341 e. The van der Waals surface area contributed by atoms with Crippen LogP contribution in [0.25, 0.3) is 11.3 Å². The van der Waals surface area contributed by atoms with Crippen LogP contribution < -0.4 is 15.2 Å². The third-order valence-corrected chi connectivity index (χ3v) is 6.78. The molecule has 0 radical (unpaired) electrons. The average Bonchev–Trinajstić information content (AvgIpc) is 2.69. The SMILES string of the molecule is CCC(C)(C)N1Cc2cc(OCC3CC(F)(F)C3)c(Cl)cc2-c2cc(=O)c(C(=O)O)cn21. The highest BCUT2D eigenvalue weighted by Crippen LogP contribution is 2.43. The summed E-state index contributed by atoms with van der Waals surface area (Å²) in [5.41, 5.74) is 0.845. The number of aromatic nitrogens is 1. The third-order valence-electron chi connectivity index (χ3n) is 6.49. The second-order valence-electron chi connectivity index (χ2n) is 9.19. The monoisotopic (exact) mass is 466 g/mol. The Morgan fingerprint density at radius 1 is 1.31 bits per heavy atom. The molecular formula is C23H25ClF2N2O4. The van der Waals surface area contributed by atoms with Crippen molar-refractivity contribution in [2.75, 3.05) is 11.6 Å². The van der Waals surface area contributed by atoms with Gasteiger partial charge in [0.05, 0.1) is 29.4 Å². The van der Waals surface area contributed by atoms with E-state index in [1.165, 1.54) is 12.3 Å². The van der Waals surface area contributed by atoms with Gasteiger partial charge in [-0.25, -0.2) is 13.6 Å². The zero-order valence-corrected chi connectivity index (χ0v) is 18.9. The second kappa shape index (κ2) is 7.76. The molecule has 0 amide bonds. The number of hydrogen-bond acceptors (Lipinski definition) is 4. The van der Waals surface area contributed by atoms with E-state index in [1.807, 2.05) is 25.8 Å². The zero-order valence-electron chi connectivity index (χ0n) is 18.1. The van der Waals surface area contributed by atoms with E-state index in [-0.39, 0.29) is 36.5 Å². The molecule has 4 rings (SSSR count). The molecule has 0 spiro atoms. The van der Waals surface area contributed by atoms with Gasteiger partial charge in [0, 0.05) is 36.6 Å². The first-order valence-electron chi connectivity index (χ1n) is 10.5. The molecule has 0 bridgehead atoms. The van der Waals surface area contributed by atoms with Gasteiger partial charge in [0.1, 0.15) is 11.3 Å². The summed E-state index contributed by atoms with van der Waals surface area (Å²) in [7, 11) is 0. The second-order valence-corrected chi connectivity index (χ2v) is 9.60. The average molecular weight is 467 g/mol. The molecule has 6 nitrogen and oxygen atoms in total. The van der Waals surface area contributed by atoms with E-state index >= 15 is 0 Å². The summed E-state index contributed by atoms with van der Waals surface area (Å²) in [4.78, 5) is 24.0.